The van der Waals surface area contributed by atoms with Crippen LogP contribution in [-0.4, -0.2) is 0 Å². The Kier molecular flexibility index (Phi) is 3.67. The maximum absolute atomic E-state index is 13.9. The van der Waals surface area contributed by atoms with Crippen LogP contribution in [0.2, 0.25) is 0 Å². The first-order valence-electron chi connectivity index (χ1n) is 6.19. The standard InChI is InChI=1S/C16H17F2N/c1-9-4-6-12(8-11(9)3)16(19)13-7-5-10(2)14(17)15(13)18/h4-8,16H,19H2,1-3H3. The van der Waals surface area contributed by atoms with Crippen LogP contribution in [0, 0.1) is 32.4 Å². The molecule has 19 heavy (non-hydrogen) atoms. The Bertz CT molecular complexity index is 620. The van der Waals surface area contributed by atoms with Crippen LogP contribution in [0.3, 0.4) is 0 Å². The van der Waals surface area contributed by atoms with Crippen LogP contribution in [0.1, 0.15) is 33.9 Å². The summed E-state index contributed by atoms with van der Waals surface area (Å²) in [7, 11) is 0. The van der Waals surface area contributed by atoms with Crippen molar-refractivity contribution in [1.29, 1.82) is 0 Å². The molecule has 2 rings (SSSR count). The number of benzene rings is 2. The van der Waals surface area contributed by atoms with Crippen LogP contribution in [0.15, 0.2) is 30.3 Å². The first kappa shape index (κ1) is 13.7. The molecule has 0 aliphatic heterocycles. The van der Waals surface area contributed by atoms with Gasteiger partial charge in [-0.2, -0.15) is 0 Å². The molecular formula is C16H17F2N. The van der Waals surface area contributed by atoms with E-state index >= 15 is 0 Å². The van der Waals surface area contributed by atoms with E-state index in [0.29, 0.717) is 0 Å². The molecule has 0 saturated carbocycles. The Morgan fingerprint density at radius 2 is 1.47 bits per heavy atom. The summed E-state index contributed by atoms with van der Waals surface area (Å²) in [5.74, 6) is -1.68. The summed E-state index contributed by atoms with van der Waals surface area (Å²) >= 11 is 0. The van der Waals surface area contributed by atoms with Crippen LogP contribution in [-0.2, 0) is 0 Å². The minimum Gasteiger partial charge on any atom is -0.320 e. The lowest BCUT2D eigenvalue weighted by molar-refractivity contribution is 0.489. The number of halogens is 2. The van der Waals surface area contributed by atoms with E-state index < -0.39 is 17.7 Å². The lowest BCUT2D eigenvalue weighted by Crippen LogP contribution is -2.15. The van der Waals surface area contributed by atoms with Crippen molar-refractivity contribution < 1.29 is 8.78 Å². The first-order valence-corrected chi connectivity index (χ1v) is 6.19. The Morgan fingerprint density at radius 3 is 2.11 bits per heavy atom. The molecule has 0 aromatic heterocycles. The summed E-state index contributed by atoms with van der Waals surface area (Å²) in [5, 5.41) is 0. The Balaban J connectivity index is 2.47. The van der Waals surface area contributed by atoms with Gasteiger partial charge in [-0.25, -0.2) is 8.78 Å². The molecule has 1 unspecified atom stereocenters. The normalized spacial score (nSPS) is 12.5. The molecule has 0 heterocycles. The second-order valence-electron chi connectivity index (χ2n) is 4.92. The van der Waals surface area contributed by atoms with E-state index in [0.717, 1.165) is 16.7 Å². The van der Waals surface area contributed by atoms with Gasteiger partial charge in [-0.05, 0) is 43.0 Å². The molecule has 2 aromatic carbocycles. The minimum atomic E-state index is -0.856. The van der Waals surface area contributed by atoms with Gasteiger partial charge in [0.25, 0.3) is 0 Å². The summed E-state index contributed by atoms with van der Waals surface area (Å²) in [6.45, 7) is 5.50. The maximum atomic E-state index is 13.9. The van der Waals surface area contributed by atoms with Crippen molar-refractivity contribution >= 4 is 0 Å². The third kappa shape index (κ3) is 2.51. The summed E-state index contributed by atoms with van der Waals surface area (Å²) < 4.78 is 27.5. The molecule has 2 aromatic rings. The van der Waals surface area contributed by atoms with Crippen molar-refractivity contribution in [3.63, 3.8) is 0 Å². The smallest absolute Gasteiger partial charge is 0.164 e. The highest BCUT2D eigenvalue weighted by atomic mass is 19.2. The molecule has 100 valence electrons. The van der Waals surface area contributed by atoms with Gasteiger partial charge in [-0.3, -0.25) is 0 Å². The van der Waals surface area contributed by atoms with E-state index in [1.807, 2.05) is 32.0 Å². The van der Waals surface area contributed by atoms with Crippen LogP contribution in [0.4, 0.5) is 8.78 Å². The fourth-order valence-corrected chi connectivity index (χ4v) is 2.04. The zero-order valence-electron chi connectivity index (χ0n) is 11.3. The van der Waals surface area contributed by atoms with E-state index in [4.69, 9.17) is 5.73 Å². The first-order chi connectivity index (χ1) is 8.91. The molecule has 1 nitrogen and oxygen atoms in total. The van der Waals surface area contributed by atoms with Crippen molar-refractivity contribution in [3.8, 4) is 0 Å². The minimum absolute atomic E-state index is 0.186. The van der Waals surface area contributed by atoms with Gasteiger partial charge in [-0.1, -0.05) is 30.3 Å². The van der Waals surface area contributed by atoms with Gasteiger partial charge >= 0.3 is 0 Å². The maximum Gasteiger partial charge on any atom is 0.164 e. The van der Waals surface area contributed by atoms with E-state index in [1.165, 1.54) is 6.92 Å². The summed E-state index contributed by atoms with van der Waals surface area (Å²) in [6.07, 6.45) is 0. The number of hydrogen-bond acceptors (Lipinski definition) is 1. The third-order valence-electron chi connectivity index (χ3n) is 3.53. The molecule has 1 atom stereocenters. The summed E-state index contributed by atoms with van der Waals surface area (Å²) in [5.41, 5.74) is 9.53. The van der Waals surface area contributed by atoms with E-state index in [-0.39, 0.29) is 11.1 Å². The Morgan fingerprint density at radius 1 is 0.842 bits per heavy atom. The Labute approximate surface area is 112 Å². The molecule has 0 spiro atoms. The average Bonchev–Trinajstić information content (AvgIpc) is 2.39. The number of nitrogens with two attached hydrogens (primary N) is 1. The molecule has 0 aliphatic carbocycles. The van der Waals surface area contributed by atoms with Gasteiger partial charge in [-0.15, -0.1) is 0 Å². The quantitative estimate of drug-likeness (QED) is 0.870. The second kappa shape index (κ2) is 5.10. The molecule has 0 bridgehead atoms. The lowest BCUT2D eigenvalue weighted by Gasteiger charge is -2.16. The fraction of sp³-hybridized carbons (Fsp3) is 0.250. The van der Waals surface area contributed by atoms with E-state index in [9.17, 15) is 8.78 Å². The molecule has 3 heteroatoms. The zero-order valence-corrected chi connectivity index (χ0v) is 11.3. The molecule has 2 N–H and O–H groups in total. The van der Waals surface area contributed by atoms with Gasteiger partial charge in [0, 0.05) is 5.56 Å². The highest BCUT2D eigenvalue weighted by molar-refractivity contribution is 5.38. The van der Waals surface area contributed by atoms with Crippen LogP contribution < -0.4 is 5.73 Å². The number of hydrogen-bond donors (Lipinski definition) is 1. The lowest BCUT2D eigenvalue weighted by atomic mass is 9.95. The number of aryl methyl sites for hydroxylation is 3. The van der Waals surface area contributed by atoms with Crippen molar-refractivity contribution in [3.05, 3.63) is 69.8 Å². The summed E-state index contributed by atoms with van der Waals surface area (Å²) in [4.78, 5) is 0. The zero-order chi connectivity index (χ0) is 14.2. The molecule has 0 saturated heterocycles. The summed E-state index contributed by atoms with van der Waals surface area (Å²) in [6, 6.07) is 8.14. The van der Waals surface area contributed by atoms with Crippen molar-refractivity contribution in [1.82, 2.24) is 0 Å². The van der Waals surface area contributed by atoms with Gasteiger partial charge < -0.3 is 5.73 Å². The molecule has 0 radical (unpaired) electrons. The van der Waals surface area contributed by atoms with Crippen LogP contribution in [0.5, 0.6) is 0 Å². The van der Waals surface area contributed by atoms with Crippen molar-refractivity contribution in [2.75, 3.05) is 0 Å². The topological polar surface area (TPSA) is 26.0 Å². The number of rotatable bonds is 2. The largest absolute Gasteiger partial charge is 0.320 e. The highest BCUT2D eigenvalue weighted by Gasteiger charge is 2.18. The van der Waals surface area contributed by atoms with Crippen LogP contribution >= 0.6 is 0 Å². The van der Waals surface area contributed by atoms with Gasteiger partial charge in [0.05, 0.1) is 6.04 Å². The van der Waals surface area contributed by atoms with Crippen molar-refractivity contribution in [2.45, 2.75) is 26.8 Å². The van der Waals surface area contributed by atoms with Crippen LogP contribution in [0.25, 0.3) is 0 Å². The highest BCUT2D eigenvalue weighted by Crippen LogP contribution is 2.26. The third-order valence-corrected chi connectivity index (χ3v) is 3.53. The second-order valence-corrected chi connectivity index (χ2v) is 4.92. The average molecular weight is 261 g/mol. The predicted octanol–water partition coefficient (Wildman–Crippen LogP) is 3.94. The van der Waals surface area contributed by atoms with E-state index in [2.05, 4.69) is 0 Å². The molecule has 0 aliphatic rings. The van der Waals surface area contributed by atoms with Gasteiger partial charge in [0.2, 0.25) is 0 Å². The fourth-order valence-electron chi connectivity index (χ4n) is 2.04. The molecular weight excluding hydrogens is 244 g/mol. The predicted molar refractivity (Wildman–Crippen MR) is 73.0 cm³/mol. The van der Waals surface area contributed by atoms with Gasteiger partial charge in [0.15, 0.2) is 11.6 Å². The Hall–Kier alpha value is -1.74. The molecule has 0 amide bonds. The van der Waals surface area contributed by atoms with Gasteiger partial charge in [0.1, 0.15) is 0 Å². The monoisotopic (exact) mass is 261 g/mol. The van der Waals surface area contributed by atoms with Crippen molar-refractivity contribution in [2.24, 2.45) is 5.73 Å². The van der Waals surface area contributed by atoms with E-state index in [1.54, 1.807) is 12.1 Å². The molecule has 0 fully saturated rings. The SMILES string of the molecule is Cc1ccc(C(N)c2ccc(C)c(F)c2F)cc1C.